The summed E-state index contributed by atoms with van der Waals surface area (Å²) in [5, 5.41) is 6.86. The summed E-state index contributed by atoms with van der Waals surface area (Å²) in [6.07, 6.45) is 14.4. The maximum absolute atomic E-state index is 13.2. The van der Waals surface area contributed by atoms with E-state index in [-0.39, 0.29) is 46.2 Å². The van der Waals surface area contributed by atoms with E-state index < -0.39 is 0 Å². The summed E-state index contributed by atoms with van der Waals surface area (Å²) >= 11 is 0. The van der Waals surface area contributed by atoms with Crippen molar-refractivity contribution in [2.45, 2.75) is 97.8 Å². The Morgan fingerprint density at radius 1 is 0.975 bits per heavy atom. The summed E-state index contributed by atoms with van der Waals surface area (Å²) in [6.45, 7) is 11.4. The third-order valence-electron chi connectivity index (χ3n) is 12.8. The van der Waals surface area contributed by atoms with Gasteiger partial charge in [0.2, 0.25) is 0 Å². The predicted molar refractivity (Wildman–Crippen MR) is 159 cm³/mol. The first-order valence-corrected chi connectivity index (χ1v) is 15.6. The first kappa shape index (κ1) is 27.8. The Bertz CT molecular complexity index is 1240. The van der Waals surface area contributed by atoms with Crippen molar-refractivity contribution in [2.24, 2.45) is 39.4 Å². The molecular weight excluding hydrogens is 496 g/mol. The highest BCUT2D eigenvalue weighted by Crippen LogP contribution is 2.86. The molecule has 0 heterocycles. The molecule has 40 heavy (non-hydrogen) atoms. The fraction of sp³-hybridized carbons (Fsp3) is 0.657. The molecule has 4 saturated carbocycles. The Hall–Kier alpha value is -2.40. The van der Waals surface area contributed by atoms with Crippen LogP contribution in [0.1, 0.15) is 89.9 Å². The van der Waals surface area contributed by atoms with Gasteiger partial charge in [-0.05, 0) is 118 Å². The zero-order valence-electron chi connectivity index (χ0n) is 25.3. The Kier molecular flexibility index (Phi) is 6.64. The number of hydrogen-bond donors (Lipinski definition) is 2. The lowest BCUT2D eigenvalue weighted by atomic mass is 9.45. The highest BCUT2D eigenvalue weighted by molar-refractivity contribution is 5.94. The van der Waals surface area contributed by atoms with E-state index >= 15 is 0 Å². The molecule has 2 N–H and O–H groups in total. The van der Waals surface area contributed by atoms with Crippen molar-refractivity contribution in [3.63, 3.8) is 0 Å². The first-order valence-electron chi connectivity index (χ1n) is 15.6. The Balaban J connectivity index is 1.33. The number of hydrogen-bond acceptors (Lipinski definition) is 4. The van der Waals surface area contributed by atoms with Crippen molar-refractivity contribution in [3.05, 3.63) is 59.7 Å². The van der Waals surface area contributed by atoms with Crippen molar-refractivity contribution in [1.29, 1.82) is 0 Å². The average molecular weight is 545 g/mol. The van der Waals surface area contributed by atoms with Crippen molar-refractivity contribution in [3.8, 4) is 0 Å². The quantitative estimate of drug-likeness (QED) is 0.245. The van der Waals surface area contributed by atoms with Crippen molar-refractivity contribution in [2.75, 3.05) is 7.05 Å². The number of carbonyl (C=O) groups is 2. The van der Waals surface area contributed by atoms with E-state index in [9.17, 15) is 9.59 Å². The lowest BCUT2D eigenvalue weighted by Gasteiger charge is -2.60. The summed E-state index contributed by atoms with van der Waals surface area (Å²) in [7, 11) is 2.11. The van der Waals surface area contributed by atoms with Crippen LogP contribution in [0.4, 0.5) is 0 Å². The normalized spacial score (nSPS) is 43.3. The third kappa shape index (κ3) is 3.82. The standard InChI is InChI=1S/C35H48N2O3/c1-22(2)20-29(38)40-30-26-12-13-28-33(5)16-14-25(23(3)36-6)32(33,4)18-19-35(28)21-34(26,35)17-15-27(30)37-31(39)24-10-8-7-9-11-24/h7-13,20,23,25-28,30,36H,14-19,21H2,1-6H3,(H,37,39)/t23?,25-,26+,27+,28+,30+,32-,33+,34-,35+/m1/s1. The van der Waals surface area contributed by atoms with Gasteiger partial charge in [-0.25, -0.2) is 4.79 Å². The van der Waals surface area contributed by atoms with Crippen LogP contribution in [0.15, 0.2) is 54.1 Å². The molecule has 1 unspecified atom stereocenters. The van der Waals surface area contributed by atoms with Gasteiger partial charge in [-0.15, -0.1) is 0 Å². The first-order chi connectivity index (χ1) is 19.0. The molecule has 1 aromatic rings. The van der Waals surface area contributed by atoms with Gasteiger partial charge < -0.3 is 15.4 Å². The molecule has 2 spiro atoms. The molecule has 5 aliphatic carbocycles. The van der Waals surface area contributed by atoms with Gasteiger partial charge in [0.15, 0.2) is 0 Å². The molecule has 0 aromatic heterocycles. The smallest absolute Gasteiger partial charge is 0.331 e. The van der Waals surface area contributed by atoms with Crippen LogP contribution in [-0.2, 0) is 9.53 Å². The molecule has 0 radical (unpaired) electrons. The van der Waals surface area contributed by atoms with Crippen molar-refractivity contribution < 1.29 is 14.3 Å². The van der Waals surface area contributed by atoms with Gasteiger partial charge in [0.1, 0.15) is 6.10 Å². The van der Waals surface area contributed by atoms with Crippen LogP contribution in [-0.4, -0.2) is 37.1 Å². The minimum Gasteiger partial charge on any atom is -0.456 e. The van der Waals surface area contributed by atoms with Crippen LogP contribution in [0, 0.1) is 39.4 Å². The van der Waals surface area contributed by atoms with Crippen molar-refractivity contribution in [1.82, 2.24) is 10.6 Å². The molecule has 4 fully saturated rings. The fourth-order valence-electron chi connectivity index (χ4n) is 10.6. The van der Waals surface area contributed by atoms with Crippen LogP contribution < -0.4 is 10.6 Å². The SMILES string of the molecule is CNC(C)[C@H]1CC[C@@]2(C)[C@@H]3C=C[C@H]4[C@H](OC(=O)C=C(C)C)[C@@H](NC(=O)c5ccccc5)CC[C@@]45C[C@@]35CC[C@]12C. The summed E-state index contributed by atoms with van der Waals surface area (Å²) in [5.74, 6) is 1.00. The minimum atomic E-state index is -0.358. The molecular formula is C35H48N2O3. The second-order valence-electron chi connectivity index (χ2n) is 14.5. The van der Waals surface area contributed by atoms with Crippen molar-refractivity contribution >= 4 is 11.9 Å². The molecule has 0 aliphatic heterocycles. The van der Waals surface area contributed by atoms with Gasteiger partial charge in [0.05, 0.1) is 6.04 Å². The lowest BCUT2D eigenvalue weighted by Crippen LogP contribution is -2.58. The number of esters is 1. The highest BCUT2D eigenvalue weighted by Gasteiger charge is 2.81. The number of fused-ring (bicyclic) bond motifs is 2. The third-order valence-corrected chi connectivity index (χ3v) is 12.8. The van der Waals surface area contributed by atoms with E-state index in [2.05, 4.69) is 50.6 Å². The molecule has 5 heteroatoms. The van der Waals surface area contributed by atoms with E-state index in [0.29, 0.717) is 28.9 Å². The predicted octanol–water partition coefficient (Wildman–Crippen LogP) is 6.46. The van der Waals surface area contributed by atoms with Crippen LogP contribution >= 0.6 is 0 Å². The summed E-state index contributed by atoms with van der Waals surface area (Å²) < 4.78 is 6.29. The molecule has 10 atom stereocenters. The van der Waals surface area contributed by atoms with E-state index in [1.807, 2.05) is 44.2 Å². The molecule has 0 saturated heterocycles. The summed E-state index contributed by atoms with van der Waals surface area (Å²) in [5.41, 5.74) is 2.61. The van der Waals surface area contributed by atoms with E-state index in [1.54, 1.807) is 6.08 Å². The van der Waals surface area contributed by atoms with Gasteiger partial charge in [-0.2, -0.15) is 0 Å². The number of benzene rings is 1. The Morgan fingerprint density at radius 2 is 1.73 bits per heavy atom. The largest absolute Gasteiger partial charge is 0.456 e. The number of allylic oxidation sites excluding steroid dienone is 2. The summed E-state index contributed by atoms with van der Waals surface area (Å²) in [4.78, 5) is 26.3. The molecule has 216 valence electrons. The molecule has 0 bridgehead atoms. The van der Waals surface area contributed by atoms with Gasteiger partial charge in [0.25, 0.3) is 5.91 Å². The minimum absolute atomic E-state index is 0.0930. The lowest BCUT2D eigenvalue weighted by molar-refractivity contribution is -0.154. The van der Waals surface area contributed by atoms with E-state index in [0.717, 1.165) is 18.4 Å². The van der Waals surface area contributed by atoms with Gasteiger partial charge in [-0.3, -0.25) is 4.79 Å². The number of rotatable bonds is 6. The Labute approximate surface area is 240 Å². The van der Waals surface area contributed by atoms with Gasteiger partial charge in [-0.1, -0.05) is 49.8 Å². The second kappa shape index (κ2) is 9.58. The number of ether oxygens (including phenoxy) is 1. The topological polar surface area (TPSA) is 67.4 Å². The summed E-state index contributed by atoms with van der Waals surface area (Å²) in [6, 6.07) is 9.70. The molecule has 6 rings (SSSR count). The molecule has 1 aromatic carbocycles. The monoisotopic (exact) mass is 544 g/mol. The molecule has 5 aliphatic rings. The van der Waals surface area contributed by atoms with E-state index in [4.69, 9.17) is 4.74 Å². The van der Waals surface area contributed by atoms with Gasteiger partial charge in [0, 0.05) is 23.6 Å². The molecule has 1 amide bonds. The van der Waals surface area contributed by atoms with Crippen LogP contribution in [0.5, 0.6) is 0 Å². The zero-order valence-corrected chi connectivity index (χ0v) is 25.3. The average Bonchev–Trinajstić information content (AvgIpc) is 3.51. The number of carbonyl (C=O) groups excluding carboxylic acids is 2. The van der Waals surface area contributed by atoms with Crippen LogP contribution in [0.3, 0.4) is 0 Å². The van der Waals surface area contributed by atoms with Crippen LogP contribution in [0.25, 0.3) is 0 Å². The second-order valence-corrected chi connectivity index (χ2v) is 14.5. The number of nitrogens with one attached hydrogen (secondary N) is 2. The maximum Gasteiger partial charge on any atom is 0.331 e. The van der Waals surface area contributed by atoms with Gasteiger partial charge >= 0.3 is 5.97 Å². The fourth-order valence-corrected chi connectivity index (χ4v) is 10.6. The van der Waals surface area contributed by atoms with Crippen LogP contribution in [0.2, 0.25) is 0 Å². The highest BCUT2D eigenvalue weighted by atomic mass is 16.5. The zero-order chi connectivity index (χ0) is 28.5. The molecule has 5 nitrogen and oxygen atoms in total. The maximum atomic E-state index is 13.2. The number of amides is 1. The Morgan fingerprint density at radius 3 is 2.42 bits per heavy atom. The van der Waals surface area contributed by atoms with E-state index in [1.165, 1.54) is 32.1 Å².